The van der Waals surface area contributed by atoms with E-state index < -0.39 is 27.5 Å². The first-order valence-corrected chi connectivity index (χ1v) is 7.26. The van der Waals surface area contributed by atoms with E-state index in [0.29, 0.717) is 0 Å². The Labute approximate surface area is 120 Å². The number of terminal acetylenes is 1. The molecule has 1 rings (SSSR count). The zero-order valence-electron chi connectivity index (χ0n) is 10.1. The summed E-state index contributed by atoms with van der Waals surface area (Å²) >= 11 is 5.64. The monoisotopic (exact) mass is 315 g/mol. The van der Waals surface area contributed by atoms with Gasteiger partial charge in [-0.3, -0.25) is 4.79 Å². The summed E-state index contributed by atoms with van der Waals surface area (Å²) < 4.78 is 23.9. The molecule has 0 aliphatic rings. The fourth-order valence-electron chi connectivity index (χ4n) is 1.32. The molecule has 0 atom stereocenters. The Morgan fingerprint density at radius 3 is 2.60 bits per heavy atom. The van der Waals surface area contributed by atoms with Crippen LogP contribution >= 0.6 is 11.6 Å². The normalized spacial score (nSPS) is 10.6. The van der Waals surface area contributed by atoms with Crippen molar-refractivity contribution in [1.29, 1.82) is 0 Å². The lowest BCUT2D eigenvalue weighted by Crippen LogP contribution is -2.30. The Kier molecular flexibility index (Phi) is 5.13. The van der Waals surface area contributed by atoms with E-state index in [-0.39, 0.29) is 22.0 Å². The Hall–Kier alpha value is -2.04. The molecular formula is C12H10ClNO5S. The predicted octanol–water partition coefficient (Wildman–Crippen LogP) is 0.561. The number of sulfone groups is 1. The molecule has 1 aromatic rings. The van der Waals surface area contributed by atoms with Crippen molar-refractivity contribution in [3.05, 3.63) is 28.8 Å². The zero-order valence-corrected chi connectivity index (χ0v) is 11.7. The van der Waals surface area contributed by atoms with E-state index in [1.54, 1.807) is 0 Å². The SMILES string of the molecule is C#CCNC(=O)CS(=O)(=O)c1ccc(Cl)c(C(=O)O)c1. The van der Waals surface area contributed by atoms with Crippen LogP contribution in [-0.4, -0.2) is 37.7 Å². The van der Waals surface area contributed by atoms with Crippen molar-refractivity contribution in [2.75, 3.05) is 12.3 Å². The highest BCUT2D eigenvalue weighted by molar-refractivity contribution is 7.92. The van der Waals surface area contributed by atoms with E-state index in [1.807, 2.05) is 0 Å². The maximum Gasteiger partial charge on any atom is 0.337 e. The molecule has 1 amide bonds. The smallest absolute Gasteiger partial charge is 0.337 e. The van der Waals surface area contributed by atoms with E-state index in [1.165, 1.54) is 0 Å². The van der Waals surface area contributed by atoms with E-state index in [9.17, 15) is 18.0 Å². The van der Waals surface area contributed by atoms with Gasteiger partial charge in [-0.1, -0.05) is 17.5 Å². The molecule has 0 fully saturated rings. The number of hydrogen-bond donors (Lipinski definition) is 2. The largest absolute Gasteiger partial charge is 0.478 e. The number of halogens is 1. The van der Waals surface area contributed by atoms with Gasteiger partial charge in [0.1, 0.15) is 5.75 Å². The molecule has 0 spiro atoms. The molecular weight excluding hydrogens is 306 g/mol. The number of carbonyl (C=O) groups is 2. The van der Waals surface area contributed by atoms with Gasteiger partial charge in [0.15, 0.2) is 9.84 Å². The topological polar surface area (TPSA) is 101 Å². The third-order valence-corrected chi connectivity index (χ3v) is 4.18. The van der Waals surface area contributed by atoms with Crippen molar-refractivity contribution in [2.24, 2.45) is 0 Å². The second-order valence-corrected chi connectivity index (χ2v) is 6.08. The van der Waals surface area contributed by atoms with E-state index >= 15 is 0 Å². The molecule has 0 bridgehead atoms. The average Bonchev–Trinajstić information content (AvgIpc) is 2.35. The van der Waals surface area contributed by atoms with Gasteiger partial charge in [-0.15, -0.1) is 6.42 Å². The lowest BCUT2D eigenvalue weighted by atomic mass is 10.2. The number of benzene rings is 1. The van der Waals surface area contributed by atoms with Crippen LogP contribution in [0.3, 0.4) is 0 Å². The molecule has 0 aliphatic heterocycles. The number of rotatable bonds is 5. The second kappa shape index (κ2) is 6.41. The standard InChI is InChI=1S/C12H10ClNO5S/c1-2-5-14-11(15)7-20(18,19)8-3-4-10(13)9(6-8)12(16)17/h1,3-4,6H,5,7H2,(H,14,15)(H,16,17). The van der Waals surface area contributed by atoms with Gasteiger partial charge in [0.25, 0.3) is 0 Å². The molecule has 0 heterocycles. The molecule has 2 N–H and O–H groups in total. The third-order valence-electron chi connectivity index (χ3n) is 2.24. The summed E-state index contributed by atoms with van der Waals surface area (Å²) in [6.07, 6.45) is 4.93. The van der Waals surface area contributed by atoms with Crippen LogP contribution in [0.15, 0.2) is 23.1 Å². The fraction of sp³-hybridized carbons (Fsp3) is 0.167. The highest BCUT2D eigenvalue weighted by Crippen LogP contribution is 2.21. The molecule has 0 aromatic heterocycles. The Bertz CT molecular complexity index is 690. The van der Waals surface area contributed by atoms with Crippen LogP contribution in [0.25, 0.3) is 0 Å². The van der Waals surface area contributed by atoms with Gasteiger partial charge >= 0.3 is 5.97 Å². The van der Waals surface area contributed by atoms with E-state index in [0.717, 1.165) is 18.2 Å². The molecule has 0 aliphatic carbocycles. The first-order chi connectivity index (χ1) is 9.27. The van der Waals surface area contributed by atoms with E-state index in [2.05, 4.69) is 11.2 Å². The van der Waals surface area contributed by atoms with Gasteiger partial charge in [0, 0.05) is 0 Å². The highest BCUT2D eigenvalue weighted by atomic mass is 35.5. The van der Waals surface area contributed by atoms with Crippen molar-refractivity contribution in [3.8, 4) is 12.3 Å². The van der Waals surface area contributed by atoms with Crippen LogP contribution in [0.1, 0.15) is 10.4 Å². The second-order valence-electron chi connectivity index (χ2n) is 3.69. The summed E-state index contributed by atoms with van der Waals surface area (Å²) in [4.78, 5) is 21.9. The fourth-order valence-corrected chi connectivity index (χ4v) is 2.70. The van der Waals surface area contributed by atoms with Crippen LogP contribution in [0.2, 0.25) is 5.02 Å². The molecule has 0 unspecified atom stereocenters. The van der Waals surface area contributed by atoms with Gasteiger partial charge in [0.05, 0.1) is 22.0 Å². The summed E-state index contributed by atoms with van der Waals surface area (Å²) in [6, 6.07) is 3.20. The van der Waals surface area contributed by atoms with Crippen LogP contribution in [0.5, 0.6) is 0 Å². The minimum atomic E-state index is -3.97. The number of aromatic carboxylic acids is 1. The Morgan fingerprint density at radius 2 is 2.05 bits per heavy atom. The van der Waals surface area contributed by atoms with Gasteiger partial charge in [-0.2, -0.15) is 0 Å². The van der Waals surface area contributed by atoms with Crippen LogP contribution in [0, 0.1) is 12.3 Å². The van der Waals surface area contributed by atoms with Crippen molar-refractivity contribution < 1.29 is 23.1 Å². The van der Waals surface area contributed by atoms with Crippen molar-refractivity contribution in [3.63, 3.8) is 0 Å². The number of carbonyl (C=O) groups excluding carboxylic acids is 1. The van der Waals surface area contributed by atoms with Gasteiger partial charge < -0.3 is 10.4 Å². The molecule has 0 saturated heterocycles. The third kappa shape index (κ3) is 3.98. The number of amides is 1. The first kappa shape index (κ1) is 16.0. The van der Waals surface area contributed by atoms with Crippen LogP contribution in [0.4, 0.5) is 0 Å². The molecule has 20 heavy (non-hydrogen) atoms. The van der Waals surface area contributed by atoms with Gasteiger partial charge in [-0.25, -0.2) is 13.2 Å². The maximum atomic E-state index is 11.9. The highest BCUT2D eigenvalue weighted by Gasteiger charge is 2.21. The lowest BCUT2D eigenvalue weighted by Gasteiger charge is -2.06. The molecule has 106 valence electrons. The Balaban J connectivity index is 3.05. The quantitative estimate of drug-likeness (QED) is 0.773. The maximum absolute atomic E-state index is 11.9. The summed E-state index contributed by atoms with van der Waals surface area (Å²) in [6.45, 7) is -0.0879. The summed E-state index contributed by atoms with van der Waals surface area (Å²) in [5.41, 5.74) is -0.350. The minimum absolute atomic E-state index is 0.0879. The predicted molar refractivity (Wildman–Crippen MR) is 72.3 cm³/mol. The van der Waals surface area contributed by atoms with Crippen LogP contribution < -0.4 is 5.32 Å². The van der Waals surface area contributed by atoms with E-state index in [4.69, 9.17) is 23.1 Å². The summed E-state index contributed by atoms with van der Waals surface area (Å²) in [5, 5.41) is 11.0. The van der Waals surface area contributed by atoms with Crippen LogP contribution in [-0.2, 0) is 14.6 Å². The molecule has 0 radical (unpaired) electrons. The summed E-state index contributed by atoms with van der Waals surface area (Å²) in [7, 11) is -3.97. The van der Waals surface area contributed by atoms with Crippen molar-refractivity contribution in [2.45, 2.75) is 4.90 Å². The average molecular weight is 316 g/mol. The summed E-state index contributed by atoms with van der Waals surface area (Å²) in [5.74, 6) is -0.817. The number of nitrogens with one attached hydrogen (secondary N) is 1. The van der Waals surface area contributed by atoms with Crippen molar-refractivity contribution >= 4 is 33.3 Å². The molecule has 1 aromatic carbocycles. The van der Waals surface area contributed by atoms with Gasteiger partial charge in [0.2, 0.25) is 5.91 Å². The number of hydrogen-bond acceptors (Lipinski definition) is 4. The Morgan fingerprint density at radius 1 is 1.40 bits per heavy atom. The molecule has 6 nitrogen and oxygen atoms in total. The molecule has 8 heteroatoms. The first-order valence-electron chi connectivity index (χ1n) is 5.23. The zero-order chi connectivity index (χ0) is 15.3. The minimum Gasteiger partial charge on any atom is -0.478 e. The number of carboxylic acid groups (broad SMARTS) is 1. The lowest BCUT2D eigenvalue weighted by molar-refractivity contribution is -0.118. The van der Waals surface area contributed by atoms with Gasteiger partial charge in [-0.05, 0) is 18.2 Å². The number of carboxylic acids is 1. The van der Waals surface area contributed by atoms with Crippen molar-refractivity contribution in [1.82, 2.24) is 5.32 Å². The molecule has 0 saturated carbocycles.